The molecule has 4 heterocycles. The summed E-state index contributed by atoms with van der Waals surface area (Å²) in [6.45, 7) is 4.97. The van der Waals surface area contributed by atoms with Crippen LogP contribution in [0.15, 0.2) is 18.2 Å². The molecule has 0 aromatic heterocycles. The van der Waals surface area contributed by atoms with Crippen molar-refractivity contribution in [2.75, 3.05) is 26.2 Å². The van der Waals surface area contributed by atoms with Crippen molar-refractivity contribution < 1.29 is 37.4 Å². The van der Waals surface area contributed by atoms with Gasteiger partial charge in [-0.3, -0.25) is 19.3 Å². The summed E-state index contributed by atoms with van der Waals surface area (Å²) in [7, 11) is 0. The van der Waals surface area contributed by atoms with Gasteiger partial charge in [0.15, 0.2) is 0 Å². The lowest BCUT2D eigenvalue weighted by molar-refractivity contribution is -0.332. The SMILES string of the molecule is CCN1C(=O)[C@@]2(C)OC(=O)CCC(=O)OC1C1(CCN(CCc3cc(F)ccc3F)CC1)O2. The van der Waals surface area contributed by atoms with Crippen LogP contribution in [0, 0.1) is 11.6 Å². The predicted molar refractivity (Wildman–Crippen MR) is 111 cm³/mol. The van der Waals surface area contributed by atoms with E-state index < -0.39 is 47.1 Å². The summed E-state index contributed by atoms with van der Waals surface area (Å²) in [4.78, 5) is 41.2. The number of amides is 1. The average Bonchev–Trinajstić information content (AvgIpc) is 2.77. The largest absolute Gasteiger partial charge is 0.438 e. The van der Waals surface area contributed by atoms with Crippen molar-refractivity contribution in [3.05, 3.63) is 35.4 Å². The van der Waals surface area contributed by atoms with Crippen LogP contribution >= 0.6 is 0 Å². The molecule has 0 radical (unpaired) electrons. The van der Waals surface area contributed by atoms with Gasteiger partial charge >= 0.3 is 11.9 Å². The van der Waals surface area contributed by atoms with Crippen molar-refractivity contribution in [2.45, 2.75) is 63.6 Å². The molecule has 0 N–H and O–H groups in total. The maximum Gasteiger partial charge on any atom is 0.309 e. The van der Waals surface area contributed by atoms with Gasteiger partial charge in [0.2, 0.25) is 6.23 Å². The molecule has 2 atom stereocenters. The van der Waals surface area contributed by atoms with Gasteiger partial charge in [0.1, 0.15) is 17.2 Å². The Hall–Kier alpha value is -2.59. The molecule has 0 saturated carbocycles. The summed E-state index contributed by atoms with van der Waals surface area (Å²) in [5.41, 5.74) is -0.743. The molecule has 4 saturated heterocycles. The van der Waals surface area contributed by atoms with Gasteiger partial charge < -0.3 is 19.1 Å². The third-order valence-electron chi connectivity index (χ3n) is 6.61. The van der Waals surface area contributed by atoms with E-state index in [0.29, 0.717) is 44.5 Å². The number of likely N-dealkylation sites (N-methyl/N-ethyl adjacent to an activating group) is 1. The molecule has 1 unspecified atom stereocenters. The summed E-state index contributed by atoms with van der Waals surface area (Å²) < 4.78 is 44.7. The Morgan fingerprint density at radius 1 is 1.09 bits per heavy atom. The minimum atomic E-state index is -1.81. The fourth-order valence-corrected chi connectivity index (χ4v) is 4.85. The summed E-state index contributed by atoms with van der Waals surface area (Å²) >= 11 is 0. The second-order valence-corrected chi connectivity index (χ2v) is 8.85. The van der Waals surface area contributed by atoms with Crippen LogP contribution in [0.25, 0.3) is 0 Å². The highest BCUT2D eigenvalue weighted by Gasteiger charge is 2.62. The van der Waals surface area contributed by atoms with Crippen LogP contribution in [0.5, 0.6) is 0 Å². The van der Waals surface area contributed by atoms with Gasteiger partial charge in [-0.2, -0.15) is 0 Å². The second kappa shape index (κ2) is 8.98. The molecule has 8 nitrogen and oxygen atoms in total. The van der Waals surface area contributed by atoms with Crippen LogP contribution in [0.4, 0.5) is 8.78 Å². The fraction of sp³-hybridized carbons (Fsp3) is 0.609. The van der Waals surface area contributed by atoms with Crippen molar-refractivity contribution in [1.82, 2.24) is 9.80 Å². The molecule has 2 bridgehead atoms. The van der Waals surface area contributed by atoms with Gasteiger partial charge in [0.25, 0.3) is 11.7 Å². The number of nitrogens with zero attached hydrogens (tertiary/aromatic N) is 2. The average molecular weight is 466 g/mol. The predicted octanol–water partition coefficient (Wildman–Crippen LogP) is 2.14. The molecular weight excluding hydrogens is 438 g/mol. The normalized spacial score (nSPS) is 28.1. The first kappa shape index (κ1) is 23.6. The molecule has 0 aliphatic carbocycles. The van der Waals surface area contributed by atoms with Crippen LogP contribution in [0.3, 0.4) is 0 Å². The number of piperidine rings is 1. The minimum Gasteiger partial charge on any atom is -0.438 e. The molecule has 180 valence electrons. The topological polar surface area (TPSA) is 85.4 Å². The number of halogens is 2. The first-order valence-corrected chi connectivity index (χ1v) is 11.2. The second-order valence-electron chi connectivity index (χ2n) is 8.85. The van der Waals surface area contributed by atoms with E-state index in [9.17, 15) is 23.2 Å². The molecule has 1 aromatic carbocycles. The van der Waals surface area contributed by atoms with Crippen LogP contribution in [0.1, 0.15) is 45.1 Å². The van der Waals surface area contributed by atoms with Crippen LogP contribution in [-0.2, 0) is 35.0 Å². The zero-order valence-electron chi connectivity index (χ0n) is 18.8. The molecule has 4 aliphatic heterocycles. The maximum absolute atomic E-state index is 14.0. The van der Waals surface area contributed by atoms with Gasteiger partial charge in [0.05, 0.1) is 12.8 Å². The Balaban J connectivity index is 1.53. The smallest absolute Gasteiger partial charge is 0.309 e. The zero-order valence-corrected chi connectivity index (χ0v) is 18.8. The van der Waals surface area contributed by atoms with E-state index in [1.54, 1.807) is 6.92 Å². The Bertz CT molecular complexity index is 949. The number of ether oxygens (including phenoxy) is 3. The fourth-order valence-electron chi connectivity index (χ4n) is 4.85. The zero-order chi connectivity index (χ0) is 23.8. The van der Waals surface area contributed by atoms with E-state index in [1.165, 1.54) is 17.9 Å². The van der Waals surface area contributed by atoms with E-state index >= 15 is 0 Å². The van der Waals surface area contributed by atoms with Gasteiger partial charge in [-0.15, -0.1) is 0 Å². The van der Waals surface area contributed by atoms with Crippen molar-refractivity contribution in [3.8, 4) is 0 Å². The van der Waals surface area contributed by atoms with Gasteiger partial charge in [-0.25, -0.2) is 8.78 Å². The van der Waals surface area contributed by atoms with Crippen molar-refractivity contribution in [1.29, 1.82) is 0 Å². The number of carbonyl (C=O) groups is 3. The standard InChI is InChI=1S/C23H28F2N2O6/c1-3-27-20(30)22(2)32-19(29)7-6-18(28)31-21(27)23(33-22)9-12-26(13-10-23)11-8-15-14-16(24)4-5-17(15)25/h4-5,14,21H,3,6-13H2,1-2H3/t21?,22-/m0/s1. The third kappa shape index (κ3) is 4.59. The lowest BCUT2D eigenvalue weighted by Gasteiger charge is -2.55. The first-order chi connectivity index (χ1) is 15.7. The van der Waals surface area contributed by atoms with Crippen molar-refractivity contribution >= 4 is 17.8 Å². The molecule has 5 rings (SSSR count). The molecular formula is C23H28F2N2O6. The van der Waals surface area contributed by atoms with Crippen LogP contribution in [0.2, 0.25) is 0 Å². The Morgan fingerprint density at radius 2 is 1.79 bits per heavy atom. The number of morpholine rings is 1. The van der Waals surface area contributed by atoms with Crippen LogP contribution in [-0.4, -0.2) is 71.4 Å². The number of carbonyl (C=O) groups excluding carboxylic acids is 3. The number of esters is 2. The third-order valence-corrected chi connectivity index (χ3v) is 6.61. The van der Waals surface area contributed by atoms with Crippen molar-refractivity contribution in [2.24, 2.45) is 0 Å². The molecule has 4 fully saturated rings. The monoisotopic (exact) mass is 466 g/mol. The first-order valence-electron chi connectivity index (χ1n) is 11.2. The lowest BCUT2D eigenvalue weighted by Crippen LogP contribution is -2.73. The van der Waals surface area contributed by atoms with E-state index in [1.807, 2.05) is 0 Å². The molecule has 1 aromatic rings. The number of fused-ring (bicyclic) bond motifs is 6. The highest BCUT2D eigenvalue weighted by molar-refractivity contribution is 5.88. The summed E-state index contributed by atoms with van der Waals surface area (Å²) in [5, 5.41) is 0. The molecule has 1 amide bonds. The van der Waals surface area contributed by atoms with Gasteiger partial charge in [-0.05, 0) is 49.9 Å². The van der Waals surface area contributed by atoms with Gasteiger partial charge in [0, 0.05) is 33.1 Å². The summed E-state index contributed by atoms with van der Waals surface area (Å²) in [6, 6.07) is 3.40. The van der Waals surface area contributed by atoms with E-state index in [0.717, 1.165) is 12.1 Å². The van der Waals surface area contributed by atoms with Gasteiger partial charge in [-0.1, -0.05) is 0 Å². The quantitative estimate of drug-likeness (QED) is 0.629. The highest BCUT2D eigenvalue weighted by atomic mass is 19.1. The Labute approximate surface area is 190 Å². The van der Waals surface area contributed by atoms with Crippen LogP contribution < -0.4 is 0 Å². The summed E-state index contributed by atoms with van der Waals surface area (Å²) in [5.74, 6) is -4.60. The van der Waals surface area contributed by atoms with E-state index in [2.05, 4.69) is 4.90 Å². The van der Waals surface area contributed by atoms with Crippen molar-refractivity contribution in [3.63, 3.8) is 0 Å². The number of hydrogen-bond donors (Lipinski definition) is 0. The lowest BCUT2D eigenvalue weighted by atomic mass is 9.85. The molecule has 4 aliphatic rings. The molecule has 1 spiro atoms. The van der Waals surface area contributed by atoms with E-state index in [4.69, 9.17) is 14.2 Å². The Kier molecular flexibility index (Phi) is 6.41. The highest BCUT2D eigenvalue weighted by Crippen LogP contribution is 2.43. The number of likely N-dealkylation sites (tertiary alicyclic amines) is 1. The molecule has 10 heteroatoms. The number of rotatable bonds is 4. The number of hydrogen-bond acceptors (Lipinski definition) is 7. The maximum atomic E-state index is 14.0. The molecule has 33 heavy (non-hydrogen) atoms. The van der Waals surface area contributed by atoms with E-state index in [-0.39, 0.29) is 19.4 Å². The minimum absolute atomic E-state index is 0.140. The Morgan fingerprint density at radius 3 is 2.48 bits per heavy atom. The number of benzene rings is 1. The summed E-state index contributed by atoms with van der Waals surface area (Å²) in [6.07, 6.45) is -0.138.